The summed E-state index contributed by atoms with van der Waals surface area (Å²) in [4.78, 5) is 39.8. The van der Waals surface area contributed by atoms with E-state index in [0.29, 0.717) is 18.1 Å². The number of amides is 1. The Hall–Kier alpha value is -1.41. The van der Waals surface area contributed by atoms with Crippen molar-refractivity contribution in [1.29, 1.82) is 0 Å². The molecule has 0 radical (unpaired) electrons. The van der Waals surface area contributed by atoms with Crippen LogP contribution in [-0.4, -0.2) is 40.9 Å². The topological polar surface area (TPSA) is 76.6 Å². The Kier molecular flexibility index (Phi) is 4.20. The number of nitrogens with zero attached hydrogens (tertiary/aromatic N) is 2. The molecule has 0 bridgehead atoms. The molecular weight excluding hydrogens is 288 g/mol. The van der Waals surface area contributed by atoms with Gasteiger partial charge in [-0.25, -0.2) is 9.78 Å². The van der Waals surface area contributed by atoms with Crippen LogP contribution < -0.4 is 4.90 Å². The summed E-state index contributed by atoms with van der Waals surface area (Å²) in [6.07, 6.45) is 0.317. The third kappa shape index (κ3) is 3.13. The number of rotatable bonds is 3. The minimum absolute atomic E-state index is 0.00552. The lowest BCUT2D eigenvalue weighted by Gasteiger charge is -2.11. The van der Waals surface area contributed by atoms with Crippen LogP contribution in [-0.2, 0) is 14.3 Å². The summed E-state index contributed by atoms with van der Waals surface area (Å²) in [6, 6.07) is 0. The molecule has 8 heteroatoms. The highest BCUT2D eigenvalue weighted by Gasteiger charge is 2.33. The monoisotopic (exact) mass is 300 g/mol. The molecule has 1 amide bonds. The summed E-state index contributed by atoms with van der Waals surface area (Å²) in [5.41, 5.74) is 0.193. The summed E-state index contributed by atoms with van der Waals surface area (Å²) in [5, 5.41) is 1.97. The first-order valence-electron chi connectivity index (χ1n) is 5.52. The number of anilines is 1. The number of thiazole rings is 1. The van der Waals surface area contributed by atoms with E-state index in [0.717, 1.165) is 0 Å². The molecule has 1 fully saturated rings. The standard InChI is InChI=1S/C11H12N2O4S2/c1-6(14)19-7-3-9(15)13(4-7)11-12-8(5-18-11)10(16)17-2/h5,7H,3-4H2,1-2H3. The molecule has 0 aliphatic carbocycles. The van der Waals surface area contributed by atoms with E-state index in [9.17, 15) is 14.4 Å². The van der Waals surface area contributed by atoms with Crippen LogP contribution in [0.5, 0.6) is 0 Å². The Morgan fingerprint density at radius 3 is 2.95 bits per heavy atom. The molecule has 0 saturated carbocycles. The van der Waals surface area contributed by atoms with Gasteiger partial charge in [-0.3, -0.25) is 14.5 Å². The number of thioether (sulfide) groups is 1. The second-order valence-electron chi connectivity index (χ2n) is 3.95. The summed E-state index contributed by atoms with van der Waals surface area (Å²) in [6.45, 7) is 1.92. The zero-order valence-electron chi connectivity index (χ0n) is 10.4. The zero-order valence-corrected chi connectivity index (χ0v) is 12.0. The number of carbonyl (C=O) groups excluding carboxylic acids is 3. The molecule has 1 aromatic heterocycles. The summed E-state index contributed by atoms with van der Waals surface area (Å²) >= 11 is 2.38. The first kappa shape index (κ1) is 14.0. The molecule has 19 heavy (non-hydrogen) atoms. The summed E-state index contributed by atoms with van der Waals surface area (Å²) < 4.78 is 4.57. The Bertz CT molecular complexity index is 529. The number of hydrogen-bond donors (Lipinski definition) is 0. The van der Waals surface area contributed by atoms with Gasteiger partial charge in [-0.05, 0) is 0 Å². The SMILES string of the molecule is COC(=O)c1csc(N2CC(SC(C)=O)CC2=O)n1. The highest BCUT2D eigenvalue weighted by molar-refractivity contribution is 8.14. The van der Waals surface area contributed by atoms with Gasteiger partial charge in [0, 0.05) is 30.5 Å². The number of hydrogen-bond acceptors (Lipinski definition) is 7. The molecule has 0 aromatic carbocycles. The third-order valence-corrected chi connectivity index (χ3v) is 4.38. The summed E-state index contributed by atoms with van der Waals surface area (Å²) in [7, 11) is 1.28. The van der Waals surface area contributed by atoms with E-state index < -0.39 is 5.97 Å². The van der Waals surface area contributed by atoms with Crippen molar-refractivity contribution in [3.63, 3.8) is 0 Å². The van der Waals surface area contributed by atoms with Crippen LogP contribution in [0.15, 0.2) is 5.38 Å². The molecule has 1 aromatic rings. The van der Waals surface area contributed by atoms with Crippen LogP contribution in [0.3, 0.4) is 0 Å². The smallest absolute Gasteiger partial charge is 0.357 e. The molecule has 1 aliphatic heterocycles. The van der Waals surface area contributed by atoms with Gasteiger partial charge in [-0.1, -0.05) is 11.8 Å². The van der Waals surface area contributed by atoms with Crippen LogP contribution in [0.1, 0.15) is 23.8 Å². The third-order valence-electron chi connectivity index (χ3n) is 2.54. The average Bonchev–Trinajstić information content (AvgIpc) is 2.94. The van der Waals surface area contributed by atoms with Gasteiger partial charge in [0.2, 0.25) is 5.91 Å². The quantitative estimate of drug-likeness (QED) is 0.783. The molecule has 6 nitrogen and oxygen atoms in total. The first-order valence-corrected chi connectivity index (χ1v) is 7.28. The Morgan fingerprint density at radius 2 is 2.32 bits per heavy atom. The number of esters is 1. The van der Waals surface area contributed by atoms with Gasteiger partial charge in [0.1, 0.15) is 0 Å². The van der Waals surface area contributed by atoms with E-state index in [1.165, 1.54) is 42.0 Å². The van der Waals surface area contributed by atoms with Crippen LogP contribution in [0.25, 0.3) is 0 Å². The normalized spacial score (nSPS) is 18.7. The first-order chi connectivity index (χ1) is 9.01. The van der Waals surface area contributed by atoms with Gasteiger partial charge >= 0.3 is 5.97 Å². The highest BCUT2D eigenvalue weighted by atomic mass is 32.2. The number of methoxy groups -OCH3 is 1. The van der Waals surface area contributed by atoms with E-state index in [4.69, 9.17) is 0 Å². The van der Waals surface area contributed by atoms with Crippen molar-refractivity contribution in [2.24, 2.45) is 0 Å². The lowest BCUT2D eigenvalue weighted by atomic mass is 10.4. The Labute approximate surface area is 118 Å². The van der Waals surface area contributed by atoms with E-state index in [1.54, 1.807) is 5.38 Å². The van der Waals surface area contributed by atoms with E-state index in [2.05, 4.69) is 9.72 Å². The van der Waals surface area contributed by atoms with Crippen molar-refractivity contribution in [3.8, 4) is 0 Å². The van der Waals surface area contributed by atoms with Crippen molar-refractivity contribution in [1.82, 2.24) is 4.98 Å². The van der Waals surface area contributed by atoms with Crippen molar-refractivity contribution < 1.29 is 19.1 Å². The maximum atomic E-state index is 11.9. The van der Waals surface area contributed by atoms with Crippen molar-refractivity contribution in [2.75, 3.05) is 18.6 Å². The minimum Gasteiger partial charge on any atom is -0.464 e. The second kappa shape index (κ2) is 5.70. The van der Waals surface area contributed by atoms with Gasteiger partial charge < -0.3 is 4.74 Å². The predicted octanol–water partition coefficient (Wildman–Crippen LogP) is 1.31. The van der Waals surface area contributed by atoms with Gasteiger partial charge in [0.25, 0.3) is 0 Å². The fraction of sp³-hybridized carbons (Fsp3) is 0.455. The summed E-state index contributed by atoms with van der Waals surface area (Å²) in [5.74, 6) is -0.603. The molecule has 0 spiro atoms. The number of carbonyl (C=O) groups is 3. The molecule has 2 rings (SSSR count). The maximum absolute atomic E-state index is 11.9. The molecule has 0 N–H and O–H groups in total. The van der Waals surface area contributed by atoms with E-state index in [-0.39, 0.29) is 22.0 Å². The molecule has 1 aliphatic rings. The molecule has 102 valence electrons. The number of ether oxygens (including phenoxy) is 1. The lowest BCUT2D eigenvalue weighted by molar-refractivity contribution is -0.117. The van der Waals surface area contributed by atoms with Crippen LogP contribution in [0.2, 0.25) is 0 Å². The minimum atomic E-state index is -0.524. The van der Waals surface area contributed by atoms with Gasteiger partial charge in [0.05, 0.1) is 7.11 Å². The largest absolute Gasteiger partial charge is 0.464 e. The Morgan fingerprint density at radius 1 is 1.58 bits per heavy atom. The highest BCUT2D eigenvalue weighted by Crippen LogP contribution is 2.30. The van der Waals surface area contributed by atoms with Gasteiger partial charge in [-0.2, -0.15) is 0 Å². The number of aromatic nitrogens is 1. The maximum Gasteiger partial charge on any atom is 0.357 e. The van der Waals surface area contributed by atoms with Crippen LogP contribution in [0, 0.1) is 0 Å². The van der Waals surface area contributed by atoms with Crippen LogP contribution >= 0.6 is 23.1 Å². The van der Waals surface area contributed by atoms with Gasteiger partial charge in [-0.15, -0.1) is 11.3 Å². The molecular formula is C11H12N2O4S2. The van der Waals surface area contributed by atoms with Crippen molar-refractivity contribution >= 4 is 45.2 Å². The van der Waals surface area contributed by atoms with Crippen molar-refractivity contribution in [3.05, 3.63) is 11.1 Å². The zero-order chi connectivity index (χ0) is 14.0. The average molecular weight is 300 g/mol. The fourth-order valence-corrected chi connectivity index (χ4v) is 3.50. The molecule has 2 heterocycles. The van der Waals surface area contributed by atoms with Gasteiger partial charge in [0.15, 0.2) is 15.9 Å². The van der Waals surface area contributed by atoms with E-state index in [1.807, 2.05) is 0 Å². The fourth-order valence-electron chi connectivity index (χ4n) is 1.76. The van der Waals surface area contributed by atoms with Crippen LogP contribution in [0.4, 0.5) is 5.13 Å². The van der Waals surface area contributed by atoms with Crippen molar-refractivity contribution in [2.45, 2.75) is 18.6 Å². The Balaban J connectivity index is 2.10. The molecule has 1 saturated heterocycles. The lowest BCUT2D eigenvalue weighted by Crippen LogP contribution is -2.25. The second-order valence-corrected chi connectivity index (χ2v) is 6.26. The molecule has 1 unspecified atom stereocenters. The molecule has 1 atom stereocenters. The van der Waals surface area contributed by atoms with E-state index >= 15 is 0 Å². The predicted molar refractivity (Wildman–Crippen MR) is 72.5 cm³/mol.